The lowest BCUT2D eigenvalue weighted by atomic mass is 9.96. The Morgan fingerprint density at radius 1 is 1.07 bits per heavy atom. The molecule has 0 radical (unpaired) electrons. The van der Waals surface area contributed by atoms with E-state index in [0.29, 0.717) is 11.4 Å². The third-order valence-electron chi connectivity index (χ3n) is 8.43. The van der Waals surface area contributed by atoms with E-state index in [9.17, 15) is 48.5 Å². The van der Waals surface area contributed by atoms with Crippen LogP contribution in [0.5, 0.6) is 0 Å². The highest BCUT2D eigenvalue weighted by Crippen LogP contribution is 2.68. The zero-order valence-corrected chi connectivity index (χ0v) is 30.9. The maximum atomic E-state index is 12.6. The smallest absolute Gasteiger partial charge is 0.387 e. The molecule has 298 valence electrons. The van der Waals surface area contributed by atoms with Crippen molar-refractivity contribution in [3.05, 3.63) is 35.3 Å². The number of aliphatic hydroxyl groups excluding tert-OH is 2. The first kappa shape index (κ1) is 40.2. The fraction of sp³-hybridized carbons (Fsp3) is 0.542. The number of aliphatic hydroxyl groups is 3. The van der Waals surface area contributed by atoms with Crippen LogP contribution < -0.4 is 26.9 Å². The first-order chi connectivity index (χ1) is 25.0. The van der Waals surface area contributed by atoms with Gasteiger partial charge in [0.15, 0.2) is 24.3 Å². The van der Waals surface area contributed by atoms with Crippen LogP contribution in [-0.4, -0.2) is 116 Å². The lowest BCUT2D eigenvalue weighted by Gasteiger charge is -2.25. The van der Waals surface area contributed by atoms with Gasteiger partial charge < -0.3 is 61.0 Å². The maximum absolute atomic E-state index is 12.6. The number of guanidine groups is 1. The van der Waals surface area contributed by atoms with Crippen molar-refractivity contribution in [1.29, 1.82) is 0 Å². The van der Waals surface area contributed by atoms with Crippen LogP contribution in [0.3, 0.4) is 0 Å². The van der Waals surface area contributed by atoms with E-state index in [2.05, 4.69) is 45.0 Å². The fourth-order valence-electron chi connectivity index (χ4n) is 6.03. The summed E-state index contributed by atoms with van der Waals surface area (Å²) in [5.41, 5.74) is 9.22. The van der Waals surface area contributed by atoms with Gasteiger partial charge >= 0.3 is 29.1 Å². The normalized spacial score (nSPS) is 31.8. The summed E-state index contributed by atoms with van der Waals surface area (Å²) in [6, 6.07) is 0. The summed E-state index contributed by atoms with van der Waals surface area (Å²) in [4.78, 5) is 57.5. The van der Waals surface area contributed by atoms with Crippen LogP contribution in [0, 0.1) is 0 Å². The number of ether oxygens (including phenoxy) is 3. The molecule has 5 unspecified atom stereocenters. The molecule has 3 aliphatic heterocycles. The Kier molecular flexibility index (Phi) is 10.6. The van der Waals surface area contributed by atoms with Gasteiger partial charge in [0.2, 0.25) is 11.7 Å². The minimum Gasteiger partial charge on any atom is -0.387 e. The van der Waals surface area contributed by atoms with E-state index in [-0.39, 0.29) is 28.9 Å². The SMILES string of the molecule is C=C1NC(N)=Nc2c1ncn2[C@@H]1OC(COP(=O)(O)OP(=O)(O)OP(=O)(O)OC[C@H]2OC([n+]3cn(C)c4c(=O)[nH]c(N)nc43)[C@](C)(O)[C@@H]2O)[C@@H](O)[C@H]1OC. The number of aliphatic imine (C=N–C) groups is 1. The highest BCUT2D eigenvalue weighted by Gasteiger charge is 2.57. The van der Waals surface area contributed by atoms with Crippen LogP contribution in [0.15, 0.2) is 29.0 Å². The van der Waals surface area contributed by atoms with Gasteiger partial charge in [-0.05, 0) is 6.92 Å². The number of fused-ring (bicyclic) bond motifs is 2. The molecule has 27 nitrogen and oxygen atoms in total. The summed E-state index contributed by atoms with van der Waals surface area (Å²) >= 11 is 0. The molecule has 0 saturated carbocycles. The van der Waals surface area contributed by atoms with E-state index in [1.807, 2.05) is 0 Å². The van der Waals surface area contributed by atoms with E-state index < -0.39 is 90.8 Å². The number of imidazole rings is 2. The molecule has 6 rings (SSSR count). The molecule has 0 amide bonds. The molecule has 12 N–H and O–H groups in total. The molecule has 2 saturated heterocycles. The van der Waals surface area contributed by atoms with Crippen LogP contribution >= 0.6 is 23.5 Å². The second kappa shape index (κ2) is 14.2. The number of nitrogen functional groups attached to an aromatic ring is 1. The first-order valence-electron chi connectivity index (χ1n) is 15.3. The third-order valence-corrected chi connectivity index (χ3v) is 12.7. The monoisotopic (exact) mass is 829 g/mol. The van der Waals surface area contributed by atoms with Gasteiger partial charge in [-0.1, -0.05) is 11.6 Å². The number of phosphoric ester groups is 2. The van der Waals surface area contributed by atoms with Crippen molar-refractivity contribution in [2.75, 3.05) is 26.1 Å². The lowest BCUT2D eigenvalue weighted by Crippen LogP contribution is -2.53. The Balaban J connectivity index is 1.06. The zero-order chi connectivity index (χ0) is 39.7. The van der Waals surface area contributed by atoms with Crippen molar-refractivity contribution in [2.24, 2.45) is 17.8 Å². The van der Waals surface area contributed by atoms with Gasteiger partial charge in [0.25, 0.3) is 11.5 Å². The number of aromatic nitrogens is 6. The Bertz CT molecular complexity index is 2210. The molecule has 0 bridgehead atoms. The fourth-order valence-corrected chi connectivity index (χ4v) is 9.55. The molecular formula is C24H36N10O17P3+. The molecule has 6 heterocycles. The lowest BCUT2D eigenvalue weighted by molar-refractivity contribution is -0.752. The quantitative estimate of drug-likeness (QED) is 0.0614. The van der Waals surface area contributed by atoms with Gasteiger partial charge in [0.1, 0.15) is 41.8 Å². The van der Waals surface area contributed by atoms with Gasteiger partial charge in [-0.2, -0.15) is 13.6 Å². The van der Waals surface area contributed by atoms with Crippen molar-refractivity contribution >= 4 is 58.1 Å². The van der Waals surface area contributed by atoms with Crippen LogP contribution in [0.25, 0.3) is 16.9 Å². The molecule has 3 aliphatic rings. The number of aryl methyl sites for hydroxylation is 1. The summed E-state index contributed by atoms with van der Waals surface area (Å²) in [7, 11) is -14.6. The van der Waals surface area contributed by atoms with Crippen molar-refractivity contribution in [2.45, 2.75) is 55.5 Å². The van der Waals surface area contributed by atoms with Gasteiger partial charge in [0.05, 0.1) is 32.3 Å². The van der Waals surface area contributed by atoms with Crippen LogP contribution in [0.1, 0.15) is 25.1 Å². The second-order valence-corrected chi connectivity index (χ2v) is 16.9. The Labute approximate surface area is 302 Å². The molecule has 3 aromatic heterocycles. The number of H-pyrrole nitrogens is 1. The third kappa shape index (κ3) is 7.68. The standard InChI is InChI=1S/C24H35N10O17P3/c1-9-12-17(29-22(25)28-9)33(7-27-12)20-15(45-4)14(35)10(48-20)5-46-52(39,40)50-54(43,44)51-53(41,42)47-6-11-16(36)24(2,38)21(49-11)34-8-32(3)13-18(34)30-23(26)31-19(13)37/h7-8,10-11,14-16,20-21,35-36,38H,1,5-6H2,2-4H3,(H8-,25,26,28,29,30,31,37,39,40,41,42,43,44)/p+1/t10?,11-,14-,15-,16-,20-,21?,24-/m1/s1. The molecule has 11 atom stereocenters. The number of nitrogens with zero attached hydrogens (tertiary/aromatic N) is 6. The van der Waals surface area contributed by atoms with Crippen molar-refractivity contribution in [3.63, 3.8) is 0 Å². The molecule has 2 fully saturated rings. The van der Waals surface area contributed by atoms with Crippen LogP contribution in [-0.2, 0) is 52.6 Å². The first-order valence-corrected chi connectivity index (χ1v) is 19.8. The number of anilines is 1. The minimum atomic E-state index is -5.97. The van der Waals surface area contributed by atoms with Gasteiger partial charge in [-0.15, -0.1) is 0 Å². The highest BCUT2D eigenvalue weighted by atomic mass is 31.3. The average Bonchev–Trinajstić information content (AvgIpc) is 3.75. The van der Waals surface area contributed by atoms with Gasteiger partial charge in [-0.25, -0.2) is 23.2 Å². The summed E-state index contributed by atoms with van der Waals surface area (Å²) in [5, 5.41) is 35.4. The van der Waals surface area contributed by atoms with E-state index in [4.69, 9.17) is 30.2 Å². The van der Waals surface area contributed by atoms with E-state index >= 15 is 0 Å². The largest absolute Gasteiger partial charge is 0.490 e. The number of phosphoric acid groups is 3. The van der Waals surface area contributed by atoms with Gasteiger partial charge in [-0.3, -0.25) is 28.0 Å². The predicted octanol–water partition coefficient (Wildman–Crippen LogP) is -2.80. The van der Waals surface area contributed by atoms with Crippen molar-refractivity contribution < 1.29 is 80.1 Å². The van der Waals surface area contributed by atoms with Gasteiger partial charge in [0, 0.05) is 7.11 Å². The summed E-state index contributed by atoms with van der Waals surface area (Å²) in [6.45, 7) is 2.90. The van der Waals surface area contributed by atoms with Crippen LogP contribution in [0.2, 0.25) is 0 Å². The van der Waals surface area contributed by atoms with Crippen LogP contribution in [0.4, 0.5) is 11.8 Å². The van der Waals surface area contributed by atoms with Crippen molar-refractivity contribution in [3.8, 4) is 0 Å². The number of rotatable bonds is 13. The molecular weight excluding hydrogens is 793 g/mol. The molecule has 54 heavy (non-hydrogen) atoms. The van der Waals surface area contributed by atoms with E-state index in [1.54, 1.807) is 0 Å². The number of hydrogen-bond acceptors (Lipinski definition) is 20. The summed E-state index contributed by atoms with van der Waals surface area (Å²) < 4.78 is 76.1. The zero-order valence-electron chi connectivity index (χ0n) is 28.2. The number of aromatic amines is 1. The minimum absolute atomic E-state index is 0.0143. The van der Waals surface area contributed by atoms with E-state index in [0.717, 1.165) is 6.92 Å². The number of hydrogen-bond donors (Lipinski definition) is 10. The summed E-state index contributed by atoms with van der Waals surface area (Å²) in [6.07, 6.45) is -7.60. The second-order valence-electron chi connectivity index (χ2n) is 12.3. The molecule has 0 spiro atoms. The number of nitrogens with one attached hydrogen (secondary N) is 2. The molecule has 0 aromatic carbocycles. The Morgan fingerprint density at radius 2 is 1.70 bits per heavy atom. The molecule has 30 heteroatoms. The topological polar surface area (TPSA) is 386 Å². The summed E-state index contributed by atoms with van der Waals surface area (Å²) in [5.74, 6) is -0.101. The molecule has 0 aliphatic carbocycles. The van der Waals surface area contributed by atoms with Crippen molar-refractivity contribution in [1.82, 2.24) is 29.4 Å². The highest BCUT2D eigenvalue weighted by molar-refractivity contribution is 7.66. The predicted molar refractivity (Wildman–Crippen MR) is 176 cm³/mol. The molecule has 3 aromatic rings. The van der Waals surface area contributed by atoms with E-state index in [1.165, 1.54) is 40.5 Å². The maximum Gasteiger partial charge on any atom is 0.490 e. The number of nitrogens with two attached hydrogens (primary N) is 2. The Morgan fingerprint density at radius 3 is 2.33 bits per heavy atom. The average molecular weight is 830 g/mol. The number of methoxy groups -OCH3 is 1. The Hall–Kier alpha value is -3.46.